The van der Waals surface area contributed by atoms with Crippen molar-refractivity contribution in [2.75, 3.05) is 6.54 Å². The van der Waals surface area contributed by atoms with Gasteiger partial charge in [-0.15, -0.1) is 12.4 Å². The third kappa shape index (κ3) is 4.01. The van der Waals surface area contributed by atoms with E-state index in [1.165, 1.54) is 6.26 Å². The van der Waals surface area contributed by atoms with E-state index in [1.54, 1.807) is 6.07 Å². The van der Waals surface area contributed by atoms with E-state index in [1.807, 2.05) is 0 Å². The molecule has 96 valence electrons. The van der Waals surface area contributed by atoms with Crippen LogP contribution in [0.25, 0.3) is 0 Å². The zero-order valence-corrected chi connectivity index (χ0v) is 11.9. The van der Waals surface area contributed by atoms with Crippen molar-refractivity contribution in [2.24, 2.45) is 0 Å². The summed E-state index contributed by atoms with van der Waals surface area (Å²) in [5.74, 6) is -0.0615. The van der Waals surface area contributed by atoms with E-state index < -0.39 is 0 Å². The molecule has 2 heterocycles. The molecule has 0 aromatic carbocycles. The van der Waals surface area contributed by atoms with E-state index >= 15 is 0 Å². The van der Waals surface area contributed by atoms with Crippen molar-refractivity contribution < 1.29 is 9.21 Å². The molecule has 0 saturated carbocycles. The SMILES string of the molecule is CC1CC(NC(=O)c2coc(Br)c2)CCN1.Cl. The number of furan rings is 1. The summed E-state index contributed by atoms with van der Waals surface area (Å²) >= 11 is 3.18. The fraction of sp³-hybridized carbons (Fsp3) is 0.545. The smallest absolute Gasteiger partial charge is 0.254 e. The van der Waals surface area contributed by atoms with Gasteiger partial charge in [-0.3, -0.25) is 4.79 Å². The first-order chi connectivity index (χ1) is 7.65. The topological polar surface area (TPSA) is 54.3 Å². The van der Waals surface area contributed by atoms with Gasteiger partial charge in [0, 0.05) is 18.2 Å². The zero-order valence-electron chi connectivity index (χ0n) is 9.53. The minimum atomic E-state index is -0.0615. The molecule has 0 spiro atoms. The quantitative estimate of drug-likeness (QED) is 0.878. The molecular formula is C11H16BrClN2O2. The van der Waals surface area contributed by atoms with Crippen LogP contribution in [0.15, 0.2) is 21.4 Å². The Labute approximate surface area is 115 Å². The Morgan fingerprint density at radius 3 is 3.00 bits per heavy atom. The number of rotatable bonds is 2. The second-order valence-corrected chi connectivity index (χ2v) is 4.97. The minimum Gasteiger partial charge on any atom is -0.457 e. The van der Waals surface area contributed by atoms with E-state index in [-0.39, 0.29) is 24.4 Å². The molecule has 2 N–H and O–H groups in total. The van der Waals surface area contributed by atoms with E-state index in [0.717, 1.165) is 19.4 Å². The molecule has 4 nitrogen and oxygen atoms in total. The molecular weight excluding hydrogens is 307 g/mol. The molecule has 0 radical (unpaired) electrons. The molecule has 2 unspecified atom stereocenters. The molecule has 1 aliphatic heterocycles. The maximum atomic E-state index is 11.8. The second-order valence-electron chi connectivity index (χ2n) is 4.19. The van der Waals surface area contributed by atoms with E-state index in [9.17, 15) is 4.79 Å². The predicted molar refractivity (Wildman–Crippen MR) is 71.6 cm³/mol. The molecule has 1 aromatic heterocycles. The molecule has 17 heavy (non-hydrogen) atoms. The molecule has 1 amide bonds. The average molecular weight is 324 g/mol. The lowest BCUT2D eigenvalue weighted by Gasteiger charge is -2.28. The number of amides is 1. The Kier molecular flexibility index (Phi) is 5.49. The van der Waals surface area contributed by atoms with Crippen molar-refractivity contribution in [2.45, 2.75) is 31.8 Å². The van der Waals surface area contributed by atoms with Crippen LogP contribution in [0.1, 0.15) is 30.1 Å². The van der Waals surface area contributed by atoms with Crippen LogP contribution in [-0.2, 0) is 0 Å². The highest BCUT2D eigenvalue weighted by Gasteiger charge is 2.20. The molecule has 1 aromatic rings. The molecule has 1 aliphatic rings. The Morgan fingerprint density at radius 1 is 1.65 bits per heavy atom. The van der Waals surface area contributed by atoms with Gasteiger partial charge < -0.3 is 15.1 Å². The fourth-order valence-electron chi connectivity index (χ4n) is 1.96. The van der Waals surface area contributed by atoms with Gasteiger partial charge in [-0.25, -0.2) is 0 Å². The van der Waals surface area contributed by atoms with Crippen molar-refractivity contribution in [3.63, 3.8) is 0 Å². The van der Waals surface area contributed by atoms with Crippen molar-refractivity contribution in [1.29, 1.82) is 0 Å². The average Bonchev–Trinajstić information content (AvgIpc) is 2.65. The Morgan fingerprint density at radius 2 is 2.41 bits per heavy atom. The van der Waals surface area contributed by atoms with Gasteiger partial charge in [0.05, 0.1) is 5.56 Å². The molecule has 2 atom stereocenters. The normalized spacial score (nSPS) is 23.9. The highest BCUT2D eigenvalue weighted by molar-refractivity contribution is 9.10. The Bertz CT molecular complexity index is 383. The number of nitrogens with one attached hydrogen (secondary N) is 2. The summed E-state index contributed by atoms with van der Waals surface area (Å²) in [5.41, 5.74) is 0.568. The van der Waals surface area contributed by atoms with Crippen molar-refractivity contribution in [3.8, 4) is 0 Å². The standard InChI is InChI=1S/C11H15BrN2O2.ClH/c1-7-4-9(2-3-13-7)14-11(15)8-5-10(12)16-6-8;/h5-7,9,13H,2-4H2,1H3,(H,14,15);1H. The maximum Gasteiger partial charge on any atom is 0.254 e. The van der Waals surface area contributed by atoms with Crippen molar-refractivity contribution in [3.05, 3.63) is 22.6 Å². The number of halogens is 2. The summed E-state index contributed by atoms with van der Waals surface area (Å²) in [6.07, 6.45) is 3.42. The first-order valence-electron chi connectivity index (χ1n) is 5.43. The minimum absolute atomic E-state index is 0. The number of hydrogen-bond donors (Lipinski definition) is 2. The van der Waals surface area contributed by atoms with Gasteiger partial charge in [-0.05, 0) is 42.2 Å². The van der Waals surface area contributed by atoms with Crippen LogP contribution in [0.2, 0.25) is 0 Å². The first kappa shape index (κ1) is 14.5. The Balaban J connectivity index is 0.00000144. The number of piperidine rings is 1. The lowest BCUT2D eigenvalue weighted by molar-refractivity contribution is 0.0925. The first-order valence-corrected chi connectivity index (χ1v) is 6.22. The van der Waals surface area contributed by atoms with Crippen LogP contribution in [0.3, 0.4) is 0 Å². The van der Waals surface area contributed by atoms with Crippen LogP contribution >= 0.6 is 28.3 Å². The molecule has 6 heteroatoms. The van der Waals surface area contributed by atoms with Gasteiger partial charge in [-0.2, -0.15) is 0 Å². The predicted octanol–water partition coefficient (Wildman–Crippen LogP) is 2.33. The largest absolute Gasteiger partial charge is 0.457 e. The van der Waals surface area contributed by atoms with Gasteiger partial charge in [0.1, 0.15) is 6.26 Å². The van der Waals surface area contributed by atoms with Crippen LogP contribution in [-0.4, -0.2) is 24.5 Å². The molecule has 0 bridgehead atoms. The van der Waals surface area contributed by atoms with E-state index in [4.69, 9.17) is 4.42 Å². The van der Waals surface area contributed by atoms with Gasteiger partial charge in [-0.1, -0.05) is 0 Å². The summed E-state index contributed by atoms with van der Waals surface area (Å²) in [6.45, 7) is 3.09. The second kappa shape index (κ2) is 6.42. The highest BCUT2D eigenvalue weighted by Crippen LogP contribution is 2.15. The molecule has 2 rings (SSSR count). The van der Waals surface area contributed by atoms with Gasteiger partial charge in [0.15, 0.2) is 4.67 Å². The van der Waals surface area contributed by atoms with Gasteiger partial charge in [0.2, 0.25) is 0 Å². The number of carbonyl (C=O) groups is 1. The third-order valence-corrected chi connectivity index (χ3v) is 3.20. The van der Waals surface area contributed by atoms with Crippen molar-refractivity contribution >= 4 is 34.2 Å². The molecule has 0 aliphatic carbocycles. The maximum absolute atomic E-state index is 11.8. The Hall–Kier alpha value is -0.520. The zero-order chi connectivity index (χ0) is 11.5. The molecule has 1 fully saturated rings. The highest BCUT2D eigenvalue weighted by atomic mass is 79.9. The summed E-state index contributed by atoms with van der Waals surface area (Å²) in [6, 6.07) is 2.41. The van der Waals surface area contributed by atoms with E-state index in [0.29, 0.717) is 16.3 Å². The van der Waals surface area contributed by atoms with Gasteiger partial charge in [0.25, 0.3) is 5.91 Å². The number of hydrogen-bond acceptors (Lipinski definition) is 3. The third-order valence-electron chi connectivity index (χ3n) is 2.79. The monoisotopic (exact) mass is 322 g/mol. The molecule has 1 saturated heterocycles. The van der Waals surface area contributed by atoms with Gasteiger partial charge >= 0.3 is 0 Å². The van der Waals surface area contributed by atoms with Crippen LogP contribution in [0, 0.1) is 0 Å². The summed E-state index contributed by atoms with van der Waals surface area (Å²) in [5, 5.41) is 6.37. The fourth-order valence-corrected chi connectivity index (χ4v) is 2.30. The lowest BCUT2D eigenvalue weighted by Crippen LogP contribution is -2.46. The summed E-state index contributed by atoms with van der Waals surface area (Å²) in [4.78, 5) is 11.8. The van der Waals surface area contributed by atoms with Crippen molar-refractivity contribution in [1.82, 2.24) is 10.6 Å². The van der Waals surface area contributed by atoms with Crippen LogP contribution < -0.4 is 10.6 Å². The van der Waals surface area contributed by atoms with Crippen LogP contribution in [0.4, 0.5) is 0 Å². The number of carbonyl (C=O) groups excluding carboxylic acids is 1. The summed E-state index contributed by atoms with van der Waals surface area (Å²) in [7, 11) is 0. The lowest BCUT2D eigenvalue weighted by atomic mass is 10.0. The van der Waals surface area contributed by atoms with E-state index in [2.05, 4.69) is 33.5 Å². The van der Waals surface area contributed by atoms with Crippen LogP contribution in [0.5, 0.6) is 0 Å². The summed E-state index contributed by atoms with van der Waals surface area (Å²) < 4.78 is 5.62.